The van der Waals surface area contributed by atoms with Crippen LogP contribution in [0.5, 0.6) is 0 Å². The molecule has 3 heteroatoms. The molecular weight excluding hydrogens is 310 g/mol. The van der Waals surface area contributed by atoms with Crippen LogP contribution < -0.4 is 0 Å². The van der Waals surface area contributed by atoms with E-state index in [9.17, 15) is 9.90 Å². The zero-order valence-electron chi connectivity index (χ0n) is 15.8. The summed E-state index contributed by atoms with van der Waals surface area (Å²) in [7, 11) is 0. The van der Waals surface area contributed by atoms with Gasteiger partial charge in [0.25, 0.3) is 0 Å². The fourth-order valence-electron chi connectivity index (χ4n) is 4.64. The molecule has 1 aliphatic heterocycles. The van der Waals surface area contributed by atoms with Crippen LogP contribution in [0.15, 0.2) is 24.3 Å². The molecule has 3 rings (SSSR count). The van der Waals surface area contributed by atoms with E-state index in [-0.39, 0.29) is 17.4 Å². The van der Waals surface area contributed by atoms with E-state index in [0.29, 0.717) is 12.3 Å². The van der Waals surface area contributed by atoms with Crippen molar-refractivity contribution >= 4 is 5.91 Å². The highest BCUT2D eigenvalue weighted by Crippen LogP contribution is 2.45. The Labute approximate surface area is 152 Å². The van der Waals surface area contributed by atoms with E-state index in [2.05, 4.69) is 38.1 Å². The normalized spacial score (nSPS) is 26.6. The molecule has 1 aromatic rings. The molecule has 2 atom stereocenters. The summed E-state index contributed by atoms with van der Waals surface area (Å²) < 4.78 is 0. The average Bonchev–Trinajstić information content (AvgIpc) is 2.95. The molecule has 0 aromatic heterocycles. The van der Waals surface area contributed by atoms with Crippen molar-refractivity contribution in [2.75, 3.05) is 13.1 Å². The minimum Gasteiger partial charge on any atom is -0.392 e. The third-order valence-electron chi connectivity index (χ3n) is 6.32. The summed E-state index contributed by atoms with van der Waals surface area (Å²) in [5.74, 6) is 0.838. The van der Waals surface area contributed by atoms with E-state index < -0.39 is 0 Å². The van der Waals surface area contributed by atoms with E-state index in [4.69, 9.17) is 0 Å². The molecule has 2 aliphatic rings. The molecule has 138 valence electrons. The van der Waals surface area contributed by atoms with E-state index >= 15 is 0 Å². The third-order valence-corrected chi connectivity index (χ3v) is 6.32. The Morgan fingerprint density at radius 2 is 1.96 bits per heavy atom. The number of aliphatic hydroxyl groups excluding tert-OH is 1. The van der Waals surface area contributed by atoms with Crippen LogP contribution >= 0.6 is 0 Å². The minimum absolute atomic E-state index is 0.000582. The van der Waals surface area contributed by atoms with Crippen molar-refractivity contribution < 1.29 is 9.90 Å². The second-order valence-corrected chi connectivity index (χ2v) is 8.44. The first-order chi connectivity index (χ1) is 12.0. The van der Waals surface area contributed by atoms with Crippen molar-refractivity contribution in [2.24, 2.45) is 5.41 Å². The van der Waals surface area contributed by atoms with Gasteiger partial charge in [0.1, 0.15) is 0 Å². The Balaban J connectivity index is 1.47. The molecule has 1 N–H and O–H groups in total. The molecule has 25 heavy (non-hydrogen) atoms. The quantitative estimate of drug-likeness (QED) is 0.866. The first-order valence-corrected chi connectivity index (χ1v) is 10.0. The van der Waals surface area contributed by atoms with Crippen molar-refractivity contribution in [1.29, 1.82) is 0 Å². The number of benzene rings is 1. The monoisotopic (exact) mass is 343 g/mol. The fourth-order valence-corrected chi connectivity index (χ4v) is 4.64. The van der Waals surface area contributed by atoms with Gasteiger partial charge in [-0.1, -0.05) is 44.5 Å². The molecule has 0 unspecified atom stereocenters. The summed E-state index contributed by atoms with van der Waals surface area (Å²) >= 11 is 0. The van der Waals surface area contributed by atoms with Crippen molar-refractivity contribution in [3.63, 3.8) is 0 Å². The Hall–Kier alpha value is -1.35. The predicted octanol–water partition coefficient (Wildman–Crippen LogP) is 4.29. The van der Waals surface area contributed by atoms with Gasteiger partial charge in [-0.05, 0) is 55.6 Å². The summed E-state index contributed by atoms with van der Waals surface area (Å²) in [6.07, 6.45) is 7.52. The zero-order chi connectivity index (χ0) is 17.9. The molecule has 1 saturated heterocycles. The molecule has 1 heterocycles. The molecule has 2 fully saturated rings. The Kier molecular flexibility index (Phi) is 5.83. The van der Waals surface area contributed by atoms with Crippen LogP contribution in [0, 0.1) is 5.41 Å². The average molecular weight is 344 g/mol. The summed E-state index contributed by atoms with van der Waals surface area (Å²) in [4.78, 5) is 14.7. The van der Waals surface area contributed by atoms with Crippen LogP contribution in [0.3, 0.4) is 0 Å². The van der Waals surface area contributed by atoms with Gasteiger partial charge in [-0.25, -0.2) is 0 Å². The Morgan fingerprint density at radius 3 is 2.60 bits per heavy atom. The van der Waals surface area contributed by atoms with Gasteiger partial charge in [0, 0.05) is 24.9 Å². The van der Waals surface area contributed by atoms with Crippen LogP contribution in [0.2, 0.25) is 0 Å². The SMILES string of the molecule is CC(C)c1ccc(CCCC(=O)N2CCC[C@]3(CCC[C@H]3O)C2)cc1. The van der Waals surface area contributed by atoms with Gasteiger partial charge < -0.3 is 10.0 Å². The van der Waals surface area contributed by atoms with Gasteiger partial charge in [0.15, 0.2) is 0 Å². The maximum atomic E-state index is 12.6. The number of hydrogen-bond donors (Lipinski definition) is 1. The maximum absolute atomic E-state index is 12.6. The number of likely N-dealkylation sites (tertiary alicyclic amines) is 1. The smallest absolute Gasteiger partial charge is 0.222 e. The lowest BCUT2D eigenvalue weighted by atomic mass is 9.76. The van der Waals surface area contributed by atoms with Crippen LogP contribution in [-0.2, 0) is 11.2 Å². The predicted molar refractivity (Wildman–Crippen MR) is 102 cm³/mol. The number of aryl methyl sites for hydroxylation is 1. The number of amides is 1. The fraction of sp³-hybridized carbons (Fsp3) is 0.682. The van der Waals surface area contributed by atoms with Gasteiger partial charge in [-0.2, -0.15) is 0 Å². The number of piperidine rings is 1. The molecule has 0 radical (unpaired) electrons. The largest absolute Gasteiger partial charge is 0.392 e. The van der Waals surface area contributed by atoms with E-state index in [0.717, 1.165) is 58.0 Å². The van der Waals surface area contributed by atoms with Crippen LogP contribution in [0.4, 0.5) is 0 Å². The third kappa shape index (κ3) is 4.25. The zero-order valence-corrected chi connectivity index (χ0v) is 15.8. The molecule has 1 spiro atoms. The second-order valence-electron chi connectivity index (χ2n) is 8.44. The van der Waals surface area contributed by atoms with Gasteiger partial charge in [0.05, 0.1) is 6.10 Å². The van der Waals surface area contributed by atoms with Crippen molar-refractivity contribution in [3.8, 4) is 0 Å². The van der Waals surface area contributed by atoms with Crippen LogP contribution in [0.25, 0.3) is 0 Å². The molecular formula is C22H33NO2. The highest BCUT2D eigenvalue weighted by Gasteiger charge is 2.45. The van der Waals surface area contributed by atoms with Crippen LogP contribution in [-0.4, -0.2) is 35.1 Å². The molecule has 1 aromatic carbocycles. The molecule has 3 nitrogen and oxygen atoms in total. The lowest BCUT2D eigenvalue weighted by Gasteiger charge is -2.42. The molecule has 0 bridgehead atoms. The maximum Gasteiger partial charge on any atom is 0.222 e. The van der Waals surface area contributed by atoms with Gasteiger partial charge in [0.2, 0.25) is 5.91 Å². The first kappa shape index (κ1) is 18.4. The summed E-state index contributed by atoms with van der Waals surface area (Å²) in [5.41, 5.74) is 2.69. The highest BCUT2D eigenvalue weighted by atomic mass is 16.3. The van der Waals surface area contributed by atoms with Gasteiger partial charge >= 0.3 is 0 Å². The minimum atomic E-state index is -0.206. The lowest BCUT2D eigenvalue weighted by Crippen LogP contribution is -2.49. The van der Waals surface area contributed by atoms with Crippen molar-refractivity contribution in [3.05, 3.63) is 35.4 Å². The van der Waals surface area contributed by atoms with Crippen LogP contribution in [0.1, 0.15) is 75.8 Å². The number of rotatable bonds is 5. The van der Waals surface area contributed by atoms with Gasteiger partial charge in [-0.15, -0.1) is 0 Å². The highest BCUT2D eigenvalue weighted by molar-refractivity contribution is 5.76. The number of carbonyl (C=O) groups excluding carboxylic acids is 1. The Bertz CT molecular complexity index is 580. The lowest BCUT2D eigenvalue weighted by molar-refractivity contribution is -0.136. The van der Waals surface area contributed by atoms with E-state index in [1.165, 1.54) is 11.1 Å². The van der Waals surface area contributed by atoms with E-state index in [1.807, 2.05) is 4.90 Å². The first-order valence-electron chi connectivity index (χ1n) is 10.0. The summed E-state index contributed by atoms with van der Waals surface area (Å²) in [6, 6.07) is 8.81. The second kappa shape index (κ2) is 7.90. The molecule has 1 amide bonds. The van der Waals surface area contributed by atoms with E-state index in [1.54, 1.807) is 0 Å². The number of hydrogen-bond acceptors (Lipinski definition) is 2. The number of aliphatic hydroxyl groups is 1. The molecule has 1 aliphatic carbocycles. The summed E-state index contributed by atoms with van der Waals surface area (Å²) in [5, 5.41) is 10.4. The van der Waals surface area contributed by atoms with Crippen molar-refractivity contribution in [1.82, 2.24) is 4.90 Å². The van der Waals surface area contributed by atoms with Gasteiger partial charge in [-0.3, -0.25) is 4.79 Å². The van der Waals surface area contributed by atoms with Crippen molar-refractivity contribution in [2.45, 2.75) is 77.2 Å². The summed E-state index contributed by atoms with van der Waals surface area (Å²) in [6.45, 7) is 6.06. The number of nitrogens with zero attached hydrogens (tertiary/aromatic N) is 1. The molecule has 1 saturated carbocycles. The topological polar surface area (TPSA) is 40.5 Å². The Morgan fingerprint density at radius 1 is 1.24 bits per heavy atom. The standard InChI is InChI=1S/C22H33NO2/c1-17(2)19-11-9-18(10-12-19)6-3-8-21(25)23-15-5-14-22(16-23)13-4-7-20(22)24/h9-12,17,20,24H,3-8,13-16H2,1-2H3/t20-,22-/m1/s1. The number of carbonyl (C=O) groups is 1.